The number of nitrogens with zero attached hydrogens (tertiary/aromatic N) is 4. The second-order valence-electron chi connectivity index (χ2n) is 5.67. The molecule has 30 heavy (non-hydrogen) atoms. The lowest BCUT2D eigenvalue weighted by atomic mass is 10.1. The van der Waals surface area contributed by atoms with E-state index in [0.29, 0.717) is 0 Å². The van der Waals surface area contributed by atoms with Crippen molar-refractivity contribution in [1.82, 2.24) is 19.9 Å². The van der Waals surface area contributed by atoms with Gasteiger partial charge in [-0.1, -0.05) is 12.1 Å². The van der Waals surface area contributed by atoms with Crippen molar-refractivity contribution in [3.63, 3.8) is 0 Å². The van der Waals surface area contributed by atoms with Crippen LogP contribution < -0.4 is 0 Å². The van der Waals surface area contributed by atoms with Gasteiger partial charge in [-0.25, -0.2) is 0 Å². The summed E-state index contributed by atoms with van der Waals surface area (Å²) in [5.74, 6) is -10.4. The Labute approximate surface area is 167 Å². The number of aromatic nitrogens is 4. The molecule has 1 aliphatic rings. The molecule has 0 bridgehead atoms. The van der Waals surface area contributed by atoms with Crippen molar-refractivity contribution in [1.29, 1.82) is 0 Å². The number of aliphatic hydroxyl groups is 2. The van der Waals surface area contributed by atoms with Crippen molar-refractivity contribution in [2.45, 2.75) is 0 Å². The molecule has 0 saturated carbocycles. The van der Waals surface area contributed by atoms with Crippen LogP contribution in [0.3, 0.4) is 0 Å². The largest absolute Gasteiger partial charge is 0.502 e. The number of hydrogen-bond donors (Lipinski definition) is 2. The predicted octanol–water partition coefficient (Wildman–Crippen LogP) is 3.22. The van der Waals surface area contributed by atoms with E-state index in [1.807, 2.05) is 36.4 Å². The fraction of sp³-hybridized carbons (Fsp3) is 0. The van der Waals surface area contributed by atoms with Gasteiger partial charge in [0.2, 0.25) is 23.2 Å². The summed E-state index contributed by atoms with van der Waals surface area (Å²) in [6.45, 7) is 0. The fourth-order valence-electron chi connectivity index (χ4n) is 2.34. The first-order chi connectivity index (χ1) is 14.4. The van der Waals surface area contributed by atoms with E-state index in [0.717, 1.165) is 22.8 Å². The number of carbonyl (C=O) groups is 2. The van der Waals surface area contributed by atoms with Gasteiger partial charge >= 0.3 is 0 Å². The molecule has 10 heteroatoms. The monoisotopic (exact) mass is 410 g/mol. The third-order valence-corrected chi connectivity index (χ3v) is 3.76. The van der Waals surface area contributed by atoms with Crippen LogP contribution in [-0.4, -0.2) is 41.7 Å². The van der Waals surface area contributed by atoms with Gasteiger partial charge in [0.1, 0.15) is 11.4 Å². The summed E-state index contributed by atoms with van der Waals surface area (Å²) in [6, 6.07) is 11.4. The molecule has 0 aromatic carbocycles. The Hall–Kier alpha value is -4.34. The lowest BCUT2D eigenvalue weighted by Gasteiger charge is -2.06. The van der Waals surface area contributed by atoms with E-state index in [1.165, 1.54) is 0 Å². The Morgan fingerprint density at radius 3 is 1.33 bits per heavy atom. The molecular weight excluding hydrogens is 398 g/mol. The summed E-state index contributed by atoms with van der Waals surface area (Å²) in [5.41, 5.74) is 3.09. The van der Waals surface area contributed by atoms with Gasteiger partial charge in [-0.05, 0) is 24.3 Å². The van der Waals surface area contributed by atoms with Crippen LogP contribution in [-0.2, 0) is 9.59 Å². The minimum absolute atomic E-state index is 0.747. The smallest absolute Gasteiger partial charge is 0.262 e. The Morgan fingerprint density at radius 1 is 0.600 bits per heavy atom. The fourth-order valence-corrected chi connectivity index (χ4v) is 2.34. The highest BCUT2D eigenvalue weighted by molar-refractivity contribution is 6.21. The number of rotatable bonds is 2. The van der Waals surface area contributed by atoms with E-state index in [4.69, 9.17) is 10.2 Å². The maximum absolute atomic E-state index is 12.3. The second-order valence-corrected chi connectivity index (χ2v) is 5.67. The number of hydrogen-bond acceptors (Lipinski definition) is 8. The van der Waals surface area contributed by atoms with Gasteiger partial charge in [0.15, 0.2) is 0 Å². The zero-order valence-corrected chi connectivity index (χ0v) is 15.0. The van der Waals surface area contributed by atoms with Crippen molar-refractivity contribution < 1.29 is 28.6 Å². The Kier molecular flexibility index (Phi) is 5.97. The summed E-state index contributed by atoms with van der Waals surface area (Å²) in [7, 11) is 0. The minimum Gasteiger partial charge on any atom is -0.502 e. The topological polar surface area (TPSA) is 126 Å². The molecule has 0 fully saturated rings. The molecule has 0 saturated heterocycles. The molecule has 0 spiro atoms. The summed E-state index contributed by atoms with van der Waals surface area (Å²) in [6.07, 6.45) is 6.81. The van der Waals surface area contributed by atoms with Crippen LogP contribution in [0.5, 0.6) is 0 Å². The Morgan fingerprint density at radius 2 is 1.00 bits per heavy atom. The standard InChI is InChI=1S/C14H10N4.C6H2F2O4/c1-3-7-15-11(5-1)13-14(18-10-9-17-13)12-6-2-4-8-16-12;7-1-3(9)5(11)2(8)6(12)4(1)10/h1-10H;9,12H. The highest BCUT2D eigenvalue weighted by Gasteiger charge is 2.35. The molecule has 4 rings (SSSR count). The number of carbonyl (C=O) groups excluding carboxylic acids is 2. The van der Waals surface area contributed by atoms with Gasteiger partial charge in [-0.2, -0.15) is 8.78 Å². The number of aliphatic hydroxyl groups excluding tert-OH is 2. The molecule has 2 N–H and O–H groups in total. The van der Waals surface area contributed by atoms with Crippen LogP contribution in [0, 0.1) is 0 Å². The minimum atomic E-state index is -1.85. The van der Waals surface area contributed by atoms with Crippen molar-refractivity contribution in [3.8, 4) is 22.8 Å². The van der Waals surface area contributed by atoms with E-state index < -0.39 is 34.7 Å². The number of halogens is 2. The van der Waals surface area contributed by atoms with Crippen LogP contribution in [0.15, 0.2) is 84.4 Å². The maximum Gasteiger partial charge on any atom is 0.262 e. The highest BCUT2D eigenvalue weighted by Crippen LogP contribution is 2.25. The summed E-state index contributed by atoms with van der Waals surface area (Å²) >= 11 is 0. The molecule has 1 aliphatic carbocycles. The van der Waals surface area contributed by atoms with Gasteiger partial charge in [0, 0.05) is 24.8 Å². The van der Waals surface area contributed by atoms with Crippen LogP contribution in [0.1, 0.15) is 0 Å². The third-order valence-electron chi connectivity index (χ3n) is 3.76. The van der Waals surface area contributed by atoms with Crippen LogP contribution in [0.2, 0.25) is 0 Å². The molecule has 3 aromatic heterocycles. The summed E-state index contributed by atoms with van der Waals surface area (Å²) in [5, 5.41) is 16.9. The van der Waals surface area contributed by atoms with Crippen LogP contribution >= 0.6 is 0 Å². The van der Waals surface area contributed by atoms with Gasteiger partial charge in [-0.3, -0.25) is 29.5 Å². The average molecular weight is 410 g/mol. The molecule has 3 aromatic rings. The molecule has 3 heterocycles. The van der Waals surface area contributed by atoms with Gasteiger partial charge < -0.3 is 10.2 Å². The number of pyridine rings is 2. The number of ketones is 2. The summed E-state index contributed by atoms with van der Waals surface area (Å²) in [4.78, 5) is 38.1. The van der Waals surface area contributed by atoms with E-state index >= 15 is 0 Å². The molecule has 0 atom stereocenters. The second kappa shape index (κ2) is 8.78. The van der Waals surface area contributed by atoms with E-state index in [-0.39, 0.29) is 0 Å². The molecular formula is C20H12F2N4O4. The molecule has 0 amide bonds. The average Bonchev–Trinajstić information content (AvgIpc) is 2.82. The first kappa shape index (κ1) is 20.4. The first-order valence-corrected chi connectivity index (χ1v) is 8.32. The third kappa shape index (κ3) is 4.07. The molecule has 0 unspecified atom stereocenters. The van der Waals surface area contributed by atoms with Crippen molar-refractivity contribution in [2.24, 2.45) is 0 Å². The lowest BCUT2D eigenvalue weighted by Crippen LogP contribution is -2.20. The van der Waals surface area contributed by atoms with E-state index in [9.17, 15) is 18.4 Å². The Balaban J connectivity index is 0.000000187. The molecule has 8 nitrogen and oxygen atoms in total. The first-order valence-electron chi connectivity index (χ1n) is 8.32. The van der Waals surface area contributed by atoms with Gasteiger partial charge in [-0.15, -0.1) is 0 Å². The number of allylic oxidation sites excluding steroid dienone is 2. The molecule has 0 aliphatic heterocycles. The summed E-state index contributed by atoms with van der Waals surface area (Å²) < 4.78 is 24.7. The van der Waals surface area contributed by atoms with E-state index in [1.54, 1.807) is 24.8 Å². The van der Waals surface area contributed by atoms with Gasteiger partial charge in [0.25, 0.3) is 11.6 Å². The molecule has 0 radical (unpaired) electrons. The normalized spacial score (nSPS) is 13.8. The predicted molar refractivity (Wildman–Crippen MR) is 100 cm³/mol. The zero-order chi connectivity index (χ0) is 21.7. The van der Waals surface area contributed by atoms with Crippen molar-refractivity contribution in [2.75, 3.05) is 0 Å². The SMILES string of the molecule is O=C1C(O)=C(F)C(=O)C(O)=C1F.c1ccc(-c2nccnc2-c2ccccn2)nc1. The quantitative estimate of drug-likeness (QED) is 0.617. The Bertz CT molecular complexity index is 1050. The van der Waals surface area contributed by atoms with Crippen molar-refractivity contribution >= 4 is 11.6 Å². The van der Waals surface area contributed by atoms with E-state index in [2.05, 4.69) is 19.9 Å². The maximum atomic E-state index is 12.3. The van der Waals surface area contributed by atoms with Crippen LogP contribution in [0.4, 0.5) is 8.78 Å². The highest BCUT2D eigenvalue weighted by atomic mass is 19.1. The van der Waals surface area contributed by atoms with Crippen LogP contribution in [0.25, 0.3) is 22.8 Å². The zero-order valence-electron chi connectivity index (χ0n) is 15.0. The van der Waals surface area contributed by atoms with Gasteiger partial charge in [0.05, 0.1) is 11.4 Å². The lowest BCUT2D eigenvalue weighted by molar-refractivity contribution is -0.122. The molecule has 150 valence electrons. The number of Topliss-reactive ketones (excluding diaryl/α,β-unsaturated/α-hetero) is 2. The van der Waals surface area contributed by atoms with Crippen molar-refractivity contribution in [3.05, 3.63) is 84.4 Å².